The summed E-state index contributed by atoms with van der Waals surface area (Å²) in [6.07, 6.45) is 0. The lowest BCUT2D eigenvalue weighted by Gasteiger charge is -2.27. The second-order valence-electron chi connectivity index (χ2n) is 6.85. The Hall–Kier alpha value is -3.44. The van der Waals surface area contributed by atoms with Crippen LogP contribution in [-0.4, -0.2) is 58.6 Å². The summed E-state index contributed by atoms with van der Waals surface area (Å²) in [6, 6.07) is 14.7. The Morgan fingerprint density at radius 1 is 1.03 bits per heavy atom. The van der Waals surface area contributed by atoms with Crippen molar-refractivity contribution in [1.29, 1.82) is 0 Å². The topological polar surface area (TPSA) is 101 Å². The van der Waals surface area contributed by atoms with Crippen LogP contribution in [0.4, 0.5) is 10.3 Å². The van der Waals surface area contributed by atoms with Crippen molar-refractivity contribution < 1.29 is 18.7 Å². The zero-order chi connectivity index (χ0) is 22.3. The van der Waals surface area contributed by atoms with Gasteiger partial charge in [-0.1, -0.05) is 36.0 Å². The number of nitrogens with zero attached hydrogens (tertiary/aromatic N) is 4. The molecule has 1 fully saturated rings. The molecule has 2 N–H and O–H groups in total. The number of morpholine rings is 1. The van der Waals surface area contributed by atoms with Crippen molar-refractivity contribution in [1.82, 2.24) is 25.6 Å². The SMILES string of the molecule is O=C(CSc1nnc(N2CCOCC2)n1-c1cccc(F)c1)NNC(=O)c1ccccc1. The fraction of sp³-hybridized carbons (Fsp3) is 0.238. The molecule has 2 aromatic carbocycles. The Morgan fingerprint density at radius 3 is 2.56 bits per heavy atom. The lowest BCUT2D eigenvalue weighted by atomic mass is 10.2. The molecule has 9 nitrogen and oxygen atoms in total. The summed E-state index contributed by atoms with van der Waals surface area (Å²) < 4.78 is 21.0. The van der Waals surface area contributed by atoms with Crippen LogP contribution >= 0.6 is 11.8 Å². The van der Waals surface area contributed by atoms with Crippen molar-refractivity contribution in [3.8, 4) is 5.69 Å². The van der Waals surface area contributed by atoms with Crippen molar-refractivity contribution in [2.45, 2.75) is 5.16 Å². The third-order valence-electron chi connectivity index (χ3n) is 4.66. The quantitative estimate of drug-likeness (QED) is 0.431. The van der Waals surface area contributed by atoms with E-state index in [9.17, 15) is 14.0 Å². The summed E-state index contributed by atoms with van der Waals surface area (Å²) in [6.45, 7) is 2.37. The molecule has 4 rings (SSSR count). The summed E-state index contributed by atoms with van der Waals surface area (Å²) in [7, 11) is 0. The van der Waals surface area contributed by atoms with Crippen LogP contribution in [0.2, 0.25) is 0 Å². The smallest absolute Gasteiger partial charge is 0.269 e. The highest BCUT2D eigenvalue weighted by atomic mass is 32.2. The van der Waals surface area contributed by atoms with Crippen molar-refractivity contribution >= 4 is 29.5 Å². The highest BCUT2D eigenvalue weighted by Crippen LogP contribution is 2.27. The van der Waals surface area contributed by atoms with Gasteiger partial charge in [0.15, 0.2) is 5.16 Å². The normalized spacial score (nSPS) is 13.6. The van der Waals surface area contributed by atoms with Gasteiger partial charge in [-0.05, 0) is 30.3 Å². The number of amides is 2. The fourth-order valence-corrected chi connectivity index (χ4v) is 3.87. The summed E-state index contributed by atoms with van der Waals surface area (Å²) in [4.78, 5) is 26.3. The van der Waals surface area contributed by atoms with Crippen LogP contribution in [0.15, 0.2) is 59.8 Å². The van der Waals surface area contributed by atoms with Gasteiger partial charge in [0.2, 0.25) is 11.9 Å². The Balaban J connectivity index is 1.45. The minimum atomic E-state index is -0.416. The van der Waals surface area contributed by atoms with E-state index >= 15 is 0 Å². The summed E-state index contributed by atoms with van der Waals surface area (Å²) >= 11 is 1.13. The number of carbonyl (C=O) groups excluding carboxylic acids is 2. The van der Waals surface area contributed by atoms with Crippen LogP contribution in [0.25, 0.3) is 5.69 Å². The standard InChI is InChI=1S/C21H21FN6O3S/c22-16-7-4-8-17(13-16)28-20(27-9-11-31-12-10-27)25-26-21(28)32-14-18(29)23-24-19(30)15-5-2-1-3-6-15/h1-8,13H,9-12,14H2,(H,23,29)(H,24,30). The Bertz CT molecular complexity index is 1090. The molecule has 0 aliphatic carbocycles. The predicted octanol–water partition coefficient (Wildman–Crippen LogP) is 1.80. The van der Waals surface area contributed by atoms with Gasteiger partial charge in [0.05, 0.1) is 24.7 Å². The maximum absolute atomic E-state index is 13.9. The van der Waals surface area contributed by atoms with Crippen molar-refractivity contribution in [2.75, 3.05) is 37.0 Å². The van der Waals surface area contributed by atoms with Gasteiger partial charge < -0.3 is 9.64 Å². The number of ether oxygens (including phenoxy) is 1. The van der Waals surface area contributed by atoms with Crippen LogP contribution < -0.4 is 15.8 Å². The van der Waals surface area contributed by atoms with Crippen LogP contribution in [-0.2, 0) is 9.53 Å². The Morgan fingerprint density at radius 2 is 1.81 bits per heavy atom. The molecule has 3 aromatic rings. The minimum Gasteiger partial charge on any atom is -0.378 e. The summed E-state index contributed by atoms with van der Waals surface area (Å²) in [5, 5.41) is 8.92. The van der Waals surface area contributed by atoms with Gasteiger partial charge in [0, 0.05) is 18.7 Å². The van der Waals surface area contributed by atoms with Gasteiger partial charge in [-0.3, -0.25) is 25.0 Å². The molecule has 166 valence electrons. The van der Waals surface area contributed by atoms with Crippen LogP contribution in [0.5, 0.6) is 0 Å². The largest absolute Gasteiger partial charge is 0.378 e. The number of hydrazine groups is 1. The van der Waals surface area contributed by atoms with Crippen molar-refractivity contribution in [3.05, 3.63) is 66.0 Å². The predicted molar refractivity (Wildman–Crippen MR) is 117 cm³/mol. The Labute approximate surface area is 187 Å². The van der Waals surface area contributed by atoms with E-state index in [2.05, 4.69) is 21.0 Å². The van der Waals surface area contributed by atoms with E-state index in [0.29, 0.717) is 48.7 Å². The second kappa shape index (κ2) is 10.2. The summed E-state index contributed by atoms with van der Waals surface area (Å²) in [5.74, 6) is -0.686. The monoisotopic (exact) mass is 456 g/mol. The first-order valence-electron chi connectivity index (χ1n) is 9.93. The van der Waals surface area contributed by atoms with E-state index in [0.717, 1.165) is 11.8 Å². The third-order valence-corrected chi connectivity index (χ3v) is 5.59. The highest BCUT2D eigenvalue weighted by molar-refractivity contribution is 7.99. The molecule has 0 atom stereocenters. The average Bonchev–Trinajstić information content (AvgIpc) is 3.26. The first-order chi connectivity index (χ1) is 15.6. The van der Waals surface area contributed by atoms with E-state index in [1.54, 1.807) is 47.0 Å². The van der Waals surface area contributed by atoms with Gasteiger partial charge in [-0.15, -0.1) is 10.2 Å². The van der Waals surface area contributed by atoms with Gasteiger partial charge >= 0.3 is 0 Å². The zero-order valence-electron chi connectivity index (χ0n) is 17.0. The van der Waals surface area contributed by atoms with Gasteiger partial charge in [0.1, 0.15) is 5.82 Å². The molecule has 1 aliphatic rings. The molecule has 0 radical (unpaired) electrons. The van der Waals surface area contributed by atoms with E-state index < -0.39 is 11.8 Å². The number of anilines is 1. The fourth-order valence-electron chi connectivity index (χ4n) is 3.12. The molecule has 1 aliphatic heterocycles. The molecule has 0 unspecified atom stereocenters. The molecular weight excluding hydrogens is 435 g/mol. The second-order valence-corrected chi connectivity index (χ2v) is 7.80. The van der Waals surface area contributed by atoms with Crippen LogP contribution in [0.1, 0.15) is 10.4 Å². The number of nitrogens with one attached hydrogen (secondary N) is 2. The molecule has 1 aromatic heterocycles. The Kier molecular flexibility index (Phi) is 6.97. The zero-order valence-corrected chi connectivity index (χ0v) is 17.8. The van der Waals surface area contributed by atoms with Crippen LogP contribution in [0.3, 0.4) is 0 Å². The molecule has 2 amide bonds. The molecule has 0 spiro atoms. The number of rotatable bonds is 6. The number of carbonyl (C=O) groups is 2. The number of halogens is 1. The van der Waals surface area contributed by atoms with Gasteiger partial charge in [0.25, 0.3) is 5.91 Å². The number of thioether (sulfide) groups is 1. The maximum atomic E-state index is 13.9. The van der Waals surface area contributed by atoms with Gasteiger partial charge in [-0.2, -0.15) is 0 Å². The molecule has 0 saturated carbocycles. The van der Waals surface area contributed by atoms with E-state index in [4.69, 9.17) is 4.74 Å². The van der Waals surface area contributed by atoms with Crippen molar-refractivity contribution in [3.63, 3.8) is 0 Å². The first-order valence-corrected chi connectivity index (χ1v) is 10.9. The lowest BCUT2D eigenvalue weighted by Crippen LogP contribution is -2.42. The molecule has 32 heavy (non-hydrogen) atoms. The minimum absolute atomic E-state index is 0.0222. The lowest BCUT2D eigenvalue weighted by molar-refractivity contribution is -0.119. The molecule has 1 saturated heterocycles. The summed E-state index contributed by atoms with van der Waals surface area (Å²) in [5.41, 5.74) is 5.75. The van der Waals surface area contributed by atoms with E-state index in [1.807, 2.05) is 4.90 Å². The number of hydrogen-bond donors (Lipinski definition) is 2. The molecule has 2 heterocycles. The van der Waals surface area contributed by atoms with Crippen LogP contribution in [0, 0.1) is 5.82 Å². The highest BCUT2D eigenvalue weighted by Gasteiger charge is 2.22. The average molecular weight is 457 g/mol. The van der Waals surface area contributed by atoms with E-state index in [-0.39, 0.29) is 11.6 Å². The molecular formula is C21H21FN6O3S. The van der Waals surface area contributed by atoms with Crippen molar-refractivity contribution in [2.24, 2.45) is 0 Å². The number of aromatic nitrogens is 3. The molecule has 0 bridgehead atoms. The number of hydrogen-bond acceptors (Lipinski definition) is 7. The van der Waals surface area contributed by atoms with Gasteiger partial charge in [-0.25, -0.2) is 4.39 Å². The first kappa shape index (κ1) is 21.8. The third kappa shape index (κ3) is 5.24. The number of benzene rings is 2. The maximum Gasteiger partial charge on any atom is 0.269 e. The van der Waals surface area contributed by atoms with E-state index in [1.165, 1.54) is 12.1 Å². The molecule has 11 heteroatoms.